The van der Waals surface area contributed by atoms with Gasteiger partial charge in [0.05, 0.1) is 5.01 Å². The highest BCUT2D eigenvalue weighted by Gasteiger charge is 2.28. The number of pyridine rings is 1. The van der Waals surface area contributed by atoms with Crippen molar-refractivity contribution < 1.29 is 13.9 Å². The molecule has 0 unspecified atom stereocenters. The number of hydrogen-bond acceptors (Lipinski definition) is 5. The molecule has 0 aliphatic carbocycles. The molecule has 3 heterocycles. The smallest absolute Gasteiger partial charge is 0.273 e. The first-order chi connectivity index (χ1) is 11.8. The van der Waals surface area contributed by atoms with Crippen LogP contribution < -0.4 is 4.74 Å². The number of thiazole rings is 1. The van der Waals surface area contributed by atoms with Crippen molar-refractivity contribution in [1.82, 2.24) is 14.9 Å². The summed E-state index contributed by atoms with van der Waals surface area (Å²) in [5, 5.41) is 2.79. The van der Waals surface area contributed by atoms with Crippen LogP contribution in [0.1, 0.15) is 49.1 Å². The van der Waals surface area contributed by atoms with E-state index in [1.807, 2.05) is 5.38 Å². The monoisotopic (exact) mass is 363 g/mol. The number of aromatic nitrogens is 2. The minimum absolute atomic E-state index is 0.0293. The minimum Gasteiger partial charge on any atom is -0.472 e. The zero-order valence-electron chi connectivity index (χ0n) is 14.7. The van der Waals surface area contributed by atoms with E-state index < -0.39 is 5.82 Å². The molecular formula is C18H22FN3O2S. The molecule has 1 saturated heterocycles. The van der Waals surface area contributed by atoms with E-state index in [2.05, 4.69) is 30.7 Å². The summed E-state index contributed by atoms with van der Waals surface area (Å²) in [7, 11) is 0. The maximum absolute atomic E-state index is 13.6. The molecule has 5 nitrogen and oxygen atoms in total. The van der Waals surface area contributed by atoms with Crippen molar-refractivity contribution in [3.8, 4) is 5.88 Å². The third-order valence-electron chi connectivity index (χ3n) is 4.10. The third kappa shape index (κ3) is 4.15. The van der Waals surface area contributed by atoms with Crippen molar-refractivity contribution in [2.75, 3.05) is 13.1 Å². The van der Waals surface area contributed by atoms with Crippen LogP contribution in [-0.2, 0) is 5.41 Å². The third-order valence-corrected chi connectivity index (χ3v) is 5.37. The van der Waals surface area contributed by atoms with Gasteiger partial charge in [0.25, 0.3) is 11.8 Å². The molecule has 134 valence electrons. The van der Waals surface area contributed by atoms with Gasteiger partial charge in [0.2, 0.25) is 0 Å². The van der Waals surface area contributed by atoms with Gasteiger partial charge in [-0.05, 0) is 12.1 Å². The number of halogens is 1. The molecule has 1 fully saturated rings. The van der Waals surface area contributed by atoms with Gasteiger partial charge in [-0.3, -0.25) is 4.79 Å². The summed E-state index contributed by atoms with van der Waals surface area (Å²) in [4.78, 5) is 22.8. The predicted molar refractivity (Wildman–Crippen MR) is 94.6 cm³/mol. The zero-order valence-corrected chi connectivity index (χ0v) is 15.5. The molecule has 0 spiro atoms. The van der Waals surface area contributed by atoms with Crippen LogP contribution in [0.5, 0.6) is 5.88 Å². The molecule has 0 N–H and O–H groups in total. The van der Waals surface area contributed by atoms with E-state index in [-0.39, 0.29) is 23.3 Å². The number of hydrogen-bond donors (Lipinski definition) is 0. The topological polar surface area (TPSA) is 55.3 Å². The van der Waals surface area contributed by atoms with Gasteiger partial charge < -0.3 is 9.64 Å². The lowest BCUT2D eigenvalue weighted by Crippen LogP contribution is -2.42. The minimum atomic E-state index is -0.460. The van der Waals surface area contributed by atoms with Gasteiger partial charge >= 0.3 is 0 Å². The second-order valence-electron chi connectivity index (χ2n) is 7.19. The average molecular weight is 363 g/mol. The van der Waals surface area contributed by atoms with Crippen LogP contribution in [0.2, 0.25) is 0 Å². The van der Waals surface area contributed by atoms with Gasteiger partial charge in [0.15, 0.2) is 5.82 Å². The molecule has 25 heavy (non-hydrogen) atoms. The Balaban J connectivity index is 1.58. The number of piperidine rings is 1. The summed E-state index contributed by atoms with van der Waals surface area (Å²) in [6.45, 7) is 7.39. The maximum atomic E-state index is 13.6. The van der Waals surface area contributed by atoms with E-state index in [1.54, 1.807) is 4.90 Å². The standard InChI is InChI=1S/C18H22FN3O2S/c1-18(2,3)17-21-14(11-25-17)16(23)22-9-6-12(7-10-22)24-15-13(19)5-4-8-20-15/h4-5,8,11-12H,6-7,9-10H2,1-3H3. The van der Waals surface area contributed by atoms with Crippen molar-refractivity contribution in [1.29, 1.82) is 0 Å². The lowest BCUT2D eigenvalue weighted by molar-refractivity contribution is 0.0574. The van der Waals surface area contributed by atoms with Gasteiger partial charge in [0, 0.05) is 42.9 Å². The maximum Gasteiger partial charge on any atom is 0.273 e. The molecule has 0 aromatic carbocycles. The molecule has 1 amide bonds. The van der Waals surface area contributed by atoms with E-state index >= 15 is 0 Å². The van der Waals surface area contributed by atoms with Crippen molar-refractivity contribution in [3.63, 3.8) is 0 Å². The molecule has 0 bridgehead atoms. The summed E-state index contributed by atoms with van der Waals surface area (Å²) in [5.74, 6) is -0.478. The quantitative estimate of drug-likeness (QED) is 0.835. The van der Waals surface area contributed by atoms with Gasteiger partial charge in [-0.25, -0.2) is 14.4 Å². The predicted octanol–water partition coefficient (Wildman–Crippen LogP) is 3.66. The first-order valence-electron chi connectivity index (χ1n) is 8.37. The number of rotatable bonds is 3. The van der Waals surface area contributed by atoms with Crippen LogP contribution in [-0.4, -0.2) is 40.0 Å². The van der Waals surface area contributed by atoms with E-state index in [1.165, 1.54) is 29.7 Å². The van der Waals surface area contributed by atoms with Crippen LogP contribution in [0.3, 0.4) is 0 Å². The van der Waals surface area contributed by atoms with Crippen LogP contribution >= 0.6 is 11.3 Å². The van der Waals surface area contributed by atoms with Crippen molar-refractivity contribution in [2.45, 2.75) is 45.1 Å². The first kappa shape index (κ1) is 17.8. The van der Waals surface area contributed by atoms with Crippen LogP contribution in [0.4, 0.5) is 4.39 Å². The summed E-state index contributed by atoms with van der Waals surface area (Å²) in [6.07, 6.45) is 2.68. The van der Waals surface area contributed by atoms with Gasteiger partial charge in [-0.15, -0.1) is 11.3 Å². The van der Waals surface area contributed by atoms with Gasteiger partial charge in [-0.1, -0.05) is 20.8 Å². The van der Waals surface area contributed by atoms with Crippen LogP contribution in [0, 0.1) is 5.82 Å². The Morgan fingerprint density at radius 3 is 2.68 bits per heavy atom. The van der Waals surface area contributed by atoms with E-state index in [0.717, 1.165) is 5.01 Å². The van der Waals surface area contributed by atoms with Crippen molar-refractivity contribution in [2.24, 2.45) is 0 Å². The van der Waals surface area contributed by atoms with E-state index in [9.17, 15) is 9.18 Å². The van der Waals surface area contributed by atoms with Crippen LogP contribution in [0.25, 0.3) is 0 Å². The lowest BCUT2D eigenvalue weighted by atomic mass is 9.98. The fourth-order valence-corrected chi connectivity index (χ4v) is 3.55. The highest BCUT2D eigenvalue weighted by atomic mass is 32.1. The number of carbonyl (C=O) groups excluding carboxylic acids is 1. The number of amides is 1. The van der Waals surface area contributed by atoms with Crippen molar-refractivity contribution in [3.05, 3.63) is 40.2 Å². The lowest BCUT2D eigenvalue weighted by Gasteiger charge is -2.31. The summed E-state index contributed by atoms with van der Waals surface area (Å²) < 4.78 is 19.2. The Bertz CT molecular complexity index is 749. The SMILES string of the molecule is CC(C)(C)c1nc(C(=O)N2CCC(Oc3ncccc3F)CC2)cs1. The molecular weight excluding hydrogens is 341 g/mol. The Morgan fingerprint density at radius 1 is 1.36 bits per heavy atom. The second-order valence-corrected chi connectivity index (χ2v) is 8.05. The molecule has 2 aromatic heterocycles. The highest BCUT2D eigenvalue weighted by molar-refractivity contribution is 7.10. The molecule has 7 heteroatoms. The molecule has 1 aliphatic heterocycles. The molecule has 3 rings (SSSR count). The summed E-state index contributed by atoms with van der Waals surface area (Å²) in [5.41, 5.74) is 0.446. The molecule has 0 atom stereocenters. The van der Waals surface area contributed by atoms with Gasteiger partial charge in [-0.2, -0.15) is 0 Å². The molecule has 0 saturated carbocycles. The Morgan fingerprint density at radius 2 is 2.08 bits per heavy atom. The van der Waals surface area contributed by atoms with Crippen molar-refractivity contribution >= 4 is 17.2 Å². The molecule has 1 aliphatic rings. The number of nitrogens with zero attached hydrogens (tertiary/aromatic N) is 3. The fourth-order valence-electron chi connectivity index (χ4n) is 2.67. The second kappa shape index (κ2) is 7.07. The fraction of sp³-hybridized carbons (Fsp3) is 0.500. The first-order valence-corrected chi connectivity index (χ1v) is 9.25. The summed E-state index contributed by atoms with van der Waals surface area (Å²) in [6, 6.07) is 2.86. The largest absolute Gasteiger partial charge is 0.472 e. The highest BCUT2D eigenvalue weighted by Crippen LogP contribution is 2.27. The number of ether oxygens (including phenoxy) is 1. The Hall–Kier alpha value is -2.02. The Labute approximate surface area is 150 Å². The number of likely N-dealkylation sites (tertiary alicyclic amines) is 1. The number of carbonyl (C=O) groups is 1. The zero-order chi connectivity index (χ0) is 18.0. The molecule has 0 radical (unpaired) electrons. The van der Waals surface area contributed by atoms with E-state index in [4.69, 9.17) is 4.74 Å². The van der Waals surface area contributed by atoms with E-state index in [0.29, 0.717) is 31.6 Å². The van der Waals surface area contributed by atoms with Crippen LogP contribution in [0.15, 0.2) is 23.7 Å². The molecule has 2 aromatic rings. The summed E-state index contributed by atoms with van der Waals surface area (Å²) >= 11 is 1.52. The van der Waals surface area contributed by atoms with Gasteiger partial charge in [0.1, 0.15) is 11.8 Å². The Kier molecular flexibility index (Phi) is 5.03. The normalized spacial score (nSPS) is 16.1. The average Bonchev–Trinajstić information content (AvgIpc) is 3.07.